The van der Waals surface area contributed by atoms with E-state index in [1.54, 1.807) is 12.1 Å². The maximum absolute atomic E-state index is 12.3. The van der Waals surface area contributed by atoms with E-state index in [1.807, 2.05) is 0 Å². The van der Waals surface area contributed by atoms with Crippen molar-refractivity contribution in [2.24, 2.45) is 0 Å². The Morgan fingerprint density at radius 1 is 1.33 bits per heavy atom. The number of likely N-dealkylation sites (N-methyl/N-ethyl adjacent to an activating group) is 1. The van der Waals surface area contributed by atoms with E-state index >= 15 is 0 Å². The number of hydrogen-bond donors (Lipinski definition) is 1. The molecule has 1 aromatic carbocycles. The van der Waals surface area contributed by atoms with Gasteiger partial charge >= 0.3 is 0 Å². The minimum atomic E-state index is -3.66. The SMILES string of the molecule is COCCNC(=O)CN(C)S(=O)(=O)c1ccc(CBr)cc1. The average Bonchev–Trinajstić information content (AvgIpc) is 2.47. The molecule has 0 aromatic heterocycles. The molecule has 1 aromatic rings. The number of amides is 1. The number of rotatable bonds is 8. The Morgan fingerprint density at radius 3 is 2.48 bits per heavy atom. The standard InChI is InChI=1S/C13H19BrN2O4S/c1-16(10-13(17)15-7-8-20-2)21(18,19)12-5-3-11(9-14)4-6-12/h3-6H,7-10H2,1-2H3,(H,15,17). The summed E-state index contributed by atoms with van der Waals surface area (Å²) in [5.74, 6) is -0.366. The minimum Gasteiger partial charge on any atom is -0.383 e. The highest BCUT2D eigenvalue weighted by Crippen LogP contribution is 2.16. The molecular weight excluding hydrogens is 360 g/mol. The third kappa shape index (κ3) is 5.39. The second-order valence-corrected chi connectivity index (χ2v) is 6.99. The summed E-state index contributed by atoms with van der Waals surface area (Å²) in [7, 11) is -0.758. The molecule has 0 bridgehead atoms. The quantitative estimate of drug-likeness (QED) is 0.540. The fraction of sp³-hybridized carbons (Fsp3) is 0.462. The van der Waals surface area contributed by atoms with Gasteiger partial charge < -0.3 is 10.1 Å². The van der Waals surface area contributed by atoms with Crippen LogP contribution in [0, 0.1) is 0 Å². The molecular formula is C13H19BrN2O4S. The largest absolute Gasteiger partial charge is 0.383 e. The number of hydrogen-bond acceptors (Lipinski definition) is 4. The Hall–Kier alpha value is -0.960. The van der Waals surface area contributed by atoms with Crippen molar-refractivity contribution in [3.63, 3.8) is 0 Å². The smallest absolute Gasteiger partial charge is 0.243 e. The lowest BCUT2D eigenvalue weighted by molar-refractivity contribution is -0.121. The van der Waals surface area contributed by atoms with Crippen LogP contribution in [0.15, 0.2) is 29.2 Å². The number of nitrogens with zero attached hydrogens (tertiary/aromatic N) is 1. The number of benzene rings is 1. The van der Waals surface area contributed by atoms with Gasteiger partial charge in [-0.2, -0.15) is 4.31 Å². The number of sulfonamides is 1. The molecule has 1 N–H and O–H groups in total. The molecule has 6 nitrogen and oxygen atoms in total. The summed E-state index contributed by atoms with van der Waals surface area (Å²) < 4.78 is 30.4. The molecule has 118 valence electrons. The molecule has 0 aliphatic heterocycles. The maximum atomic E-state index is 12.3. The van der Waals surface area contributed by atoms with Gasteiger partial charge in [-0.25, -0.2) is 8.42 Å². The highest BCUT2D eigenvalue weighted by atomic mass is 79.9. The predicted molar refractivity (Wildman–Crippen MR) is 83.8 cm³/mol. The first-order valence-electron chi connectivity index (χ1n) is 6.28. The van der Waals surface area contributed by atoms with Gasteiger partial charge in [-0.15, -0.1) is 0 Å². The normalized spacial score (nSPS) is 11.6. The van der Waals surface area contributed by atoms with E-state index in [9.17, 15) is 13.2 Å². The zero-order valence-electron chi connectivity index (χ0n) is 12.0. The molecule has 1 rings (SSSR count). The summed E-state index contributed by atoms with van der Waals surface area (Å²) in [6.07, 6.45) is 0. The number of methoxy groups -OCH3 is 1. The van der Waals surface area contributed by atoms with E-state index in [1.165, 1.54) is 26.3 Å². The lowest BCUT2D eigenvalue weighted by Gasteiger charge is -2.17. The number of nitrogens with one attached hydrogen (secondary N) is 1. The molecule has 0 radical (unpaired) electrons. The van der Waals surface area contributed by atoms with E-state index in [-0.39, 0.29) is 17.3 Å². The second kappa shape index (κ2) is 8.47. The van der Waals surface area contributed by atoms with Crippen LogP contribution in [0.1, 0.15) is 5.56 Å². The van der Waals surface area contributed by atoms with Crippen molar-refractivity contribution in [3.8, 4) is 0 Å². The van der Waals surface area contributed by atoms with Gasteiger partial charge in [0.15, 0.2) is 0 Å². The monoisotopic (exact) mass is 378 g/mol. The van der Waals surface area contributed by atoms with E-state index in [0.29, 0.717) is 18.5 Å². The molecule has 0 saturated heterocycles. The number of carbonyl (C=O) groups is 1. The summed E-state index contributed by atoms with van der Waals surface area (Å²) in [5, 5.41) is 3.24. The van der Waals surface area contributed by atoms with Gasteiger partial charge in [-0.3, -0.25) is 4.79 Å². The Labute approximate surface area is 133 Å². The molecule has 1 amide bonds. The summed E-state index contributed by atoms with van der Waals surface area (Å²) in [5.41, 5.74) is 0.980. The number of alkyl halides is 1. The predicted octanol–water partition coefficient (Wildman–Crippen LogP) is 0.965. The van der Waals surface area contributed by atoms with Crippen molar-refractivity contribution in [2.75, 3.05) is 33.9 Å². The van der Waals surface area contributed by atoms with E-state index < -0.39 is 10.0 Å². The van der Waals surface area contributed by atoms with Crippen LogP contribution in [0.25, 0.3) is 0 Å². The van der Waals surface area contributed by atoms with Gasteiger partial charge in [0.25, 0.3) is 0 Å². The van der Waals surface area contributed by atoms with Crippen molar-refractivity contribution >= 4 is 31.9 Å². The first-order chi connectivity index (χ1) is 9.91. The number of ether oxygens (including phenoxy) is 1. The van der Waals surface area contributed by atoms with Crippen LogP contribution in [0.4, 0.5) is 0 Å². The maximum Gasteiger partial charge on any atom is 0.243 e. The van der Waals surface area contributed by atoms with Crippen LogP contribution in [0.2, 0.25) is 0 Å². The number of carbonyl (C=O) groups excluding carboxylic acids is 1. The molecule has 21 heavy (non-hydrogen) atoms. The lowest BCUT2D eigenvalue weighted by Crippen LogP contribution is -2.39. The van der Waals surface area contributed by atoms with Crippen LogP contribution < -0.4 is 5.32 Å². The topological polar surface area (TPSA) is 75.7 Å². The molecule has 0 aliphatic carbocycles. The third-order valence-electron chi connectivity index (χ3n) is 2.78. The first-order valence-corrected chi connectivity index (χ1v) is 8.85. The van der Waals surface area contributed by atoms with Crippen LogP contribution >= 0.6 is 15.9 Å². The van der Waals surface area contributed by atoms with E-state index in [0.717, 1.165) is 9.87 Å². The molecule has 0 atom stereocenters. The Bertz CT molecular complexity index is 560. The van der Waals surface area contributed by atoms with Gasteiger partial charge in [0.1, 0.15) is 0 Å². The first kappa shape index (κ1) is 18.1. The minimum absolute atomic E-state index is 0.166. The van der Waals surface area contributed by atoms with E-state index in [4.69, 9.17) is 4.74 Å². The molecule has 0 unspecified atom stereocenters. The summed E-state index contributed by atoms with van der Waals surface area (Å²) in [4.78, 5) is 11.8. The second-order valence-electron chi connectivity index (χ2n) is 4.38. The summed E-state index contributed by atoms with van der Waals surface area (Å²) in [6.45, 7) is 0.506. The zero-order valence-corrected chi connectivity index (χ0v) is 14.4. The van der Waals surface area contributed by atoms with E-state index in [2.05, 4.69) is 21.2 Å². The van der Waals surface area contributed by atoms with Crippen LogP contribution in [0.3, 0.4) is 0 Å². The van der Waals surface area contributed by atoms with Gasteiger partial charge in [0, 0.05) is 26.0 Å². The van der Waals surface area contributed by atoms with Gasteiger partial charge in [0.2, 0.25) is 15.9 Å². The van der Waals surface area contributed by atoms with Gasteiger partial charge in [-0.1, -0.05) is 28.1 Å². The fourth-order valence-corrected chi connectivity index (χ4v) is 3.07. The highest BCUT2D eigenvalue weighted by molar-refractivity contribution is 9.08. The van der Waals surface area contributed by atoms with Crippen molar-refractivity contribution < 1.29 is 17.9 Å². The summed E-state index contributed by atoms with van der Waals surface area (Å²) in [6, 6.07) is 6.53. The molecule has 0 saturated carbocycles. The molecule has 0 heterocycles. The van der Waals surface area contributed by atoms with Crippen LogP contribution in [0.5, 0.6) is 0 Å². The van der Waals surface area contributed by atoms with Crippen molar-refractivity contribution in [1.29, 1.82) is 0 Å². The molecule has 0 aliphatic rings. The van der Waals surface area contributed by atoms with Crippen LogP contribution in [-0.4, -0.2) is 52.5 Å². The van der Waals surface area contributed by atoms with Gasteiger partial charge in [0.05, 0.1) is 18.0 Å². The third-order valence-corrected chi connectivity index (χ3v) is 5.25. The molecule has 0 fully saturated rings. The molecule has 8 heteroatoms. The Balaban J connectivity index is 2.70. The Kier molecular flexibility index (Phi) is 7.30. The highest BCUT2D eigenvalue weighted by Gasteiger charge is 2.22. The summed E-state index contributed by atoms with van der Waals surface area (Å²) >= 11 is 3.30. The lowest BCUT2D eigenvalue weighted by atomic mass is 10.2. The fourth-order valence-electron chi connectivity index (χ4n) is 1.57. The van der Waals surface area contributed by atoms with Crippen molar-refractivity contribution in [2.45, 2.75) is 10.2 Å². The Morgan fingerprint density at radius 2 is 1.95 bits per heavy atom. The van der Waals surface area contributed by atoms with Crippen LogP contribution in [-0.2, 0) is 24.9 Å². The number of halogens is 1. The van der Waals surface area contributed by atoms with Crippen molar-refractivity contribution in [1.82, 2.24) is 9.62 Å². The average molecular weight is 379 g/mol. The zero-order chi connectivity index (χ0) is 15.9. The molecule has 0 spiro atoms. The van der Waals surface area contributed by atoms with Crippen molar-refractivity contribution in [3.05, 3.63) is 29.8 Å². The van der Waals surface area contributed by atoms with Gasteiger partial charge in [-0.05, 0) is 17.7 Å².